The topological polar surface area (TPSA) is 132 Å². The van der Waals surface area contributed by atoms with Crippen molar-refractivity contribution in [3.8, 4) is 17.2 Å². The van der Waals surface area contributed by atoms with Crippen molar-refractivity contribution in [3.05, 3.63) is 126 Å². The lowest BCUT2D eigenvalue weighted by atomic mass is 10.1. The number of aromatic hydroxyl groups is 3. The molecule has 0 aliphatic rings. The van der Waals surface area contributed by atoms with Crippen molar-refractivity contribution in [2.45, 2.75) is 27.7 Å². The number of rotatable bonds is 2. The Morgan fingerprint density at radius 2 is 0.921 bits per heavy atom. The summed E-state index contributed by atoms with van der Waals surface area (Å²) in [6.07, 6.45) is 0. The van der Waals surface area contributed by atoms with E-state index < -0.39 is 5.97 Å². The molecular formula is C31H34O7. The van der Waals surface area contributed by atoms with Crippen LogP contribution in [-0.4, -0.2) is 38.0 Å². The molecule has 0 amide bonds. The molecule has 7 heteroatoms. The van der Waals surface area contributed by atoms with Crippen molar-refractivity contribution in [1.82, 2.24) is 0 Å². The summed E-state index contributed by atoms with van der Waals surface area (Å²) in [5.74, 6) is -0.374. The van der Waals surface area contributed by atoms with E-state index in [1.165, 1.54) is 37.6 Å². The molecule has 38 heavy (non-hydrogen) atoms. The average Bonchev–Trinajstić information content (AvgIpc) is 2.86. The van der Waals surface area contributed by atoms with Gasteiger partial charge in [0.1, 0.15) is 17.2 Å². The molecule has 0 atom stereocenters. The quantitative estimate of drug-likeness (QED) is 0.218. The van der Waals surface area contributed by atoms with Crippen LogP contribution in [0, 0.1) is 6.92 Å². The van der Waals surface area contributed by atoms with Gasteiger partial charge < -0.3 is 20.4 Å². The predicted octanol–water partition coefficient (Wildman–Crippen LogP) is 6.67. The molecule has 0 fully saturated rings. The molecule has 0 aliphatic heterocycles. The highest BCUT2D eigenvalue weighted by molar-refractivity contribution is 5.96. The van der Waals surface area contributed by atoms with Crippen molar-refractivity contribution in [2.24, 2.45) is 0 Å². The van der Waals surface area contributed by atoms with E-state index in [2.05, 4.69) is 19.1 Å². The summed E-state index contributed by atoms with van der Waals surface area (Å²) in [4.78, 5) is 30.4. The Bertz CT molecular complexity index is 1180. The Morgan fingerprint density at radius 1 is 0.526 bits per heavy atom. The summed E-state index contributed by atoms with van der Waals surface area (Å²) < 4.78 is 0. The van der Waals surface area contributed by atoms with Crippen LogP contribution in [0.2, 0.25) is 0 Å². The summed E-state index contributed by atoms with van der Waals surface area (Å²) >= 11 is 0. The molecule has 0 saturated heterocycles. The van der Waals surface area contributed by atoms with E-state index in [0.717, 1.165) is 6.92 Å². The molecule has 7 nitrogen and oxygen atoms in total. The molecule has 4 rings (SSSR count). The number of carbonyl (C=O) groups excluding carboxylic acids is 2. The molecule has 0 aliphatic carbocycles. The summed E-state index contributed by atoms with van der Waals surface area (Å²) in [7, 11) is 0. The van der Waals surface area contributed by atoms with Crippen LogP contribution in [0.15, 0.2) is 109 Å². The third-order valence-electron chi connectivity index (χ3n) is 4.25. The van der Waals surface area contributed by atoms with Crippen LogP contribution in [-0.2, 0) is 4.79 Å². The minimum atomic E-state index is -0.833. The summed E-state index contributed by atoms with van der Waals surface area (Å²) in [5, 5.41) is 33.9. The van der Waals surface area contributed by atoms with E-state index in [1.807, 2.05) is 24.3 Å². The number of ketones is 2. The number of Topliss-reactive ketones (excluding diaryl/α,β-unsaturated/α-hetero) is 2. The van der Waals surface area contributed by atoms with Gasteiger partial charge in [-0.05, 0) is 69.3 Å². The number of hydrogen-bond acceptors (Lipinski definition) is 6. The van der Waals surface area contributed by atoms with Crippen LogP contribution in [0.25, 0.3) is 0 Å². The number of phenols is 3. The third kappa shape index (κ3) is 17.5. The number of aryl methyl sites for hydroxylation is 1. The first-order valence-electron chi connectivity index (χ1n) is 11.5. The highest BCUT2D eigenvalue weighted by Crippen LogP contribution is 2.15. The van der Waals surface area contributed by atoms with Crippen molar-refractivity contribution in [2.75, 3.05) is 0 Å². The first-order valence-corrected chi connectivity index (χ1v) is 11.5. The minimum Gasteiger partial charge on any atom is -0.508 e. The van der Waals surface area contributed by atoms with Gasteiger partial charge in [0.15, 0.2) is 11.6 Å². The number of phenolic OH excluding ortho intramolecular Hbond substituents is 3. The average molecular weight is 519 g/mol. The maximum atomic E-state index is 10.7. The van der Waals surface area contributed by atoms with Crippen LogP contribution < -0.4 is 0 Å². The second-order valence-corrected chi connectivity index (χ2v) is 7.69. The molecule has 4 N–H and O–H groups in total. The van der Waals surface area contributed by atoms with E-state index in [-0.39, 0.29) is 23.1 Å². The van der Waals surface area contributed by atoms with E-state index in [4.69, 9.17) is 25.2 Å². The Kier molecular flexibility index (Phi) is 16.8. The molecule has 0 aromatic heterocycles. The van der Waals surface area contributed by atoms with Crippen LogP contribution in [0.3, 0.4) is 0 Å². The number of para-hydroxylation sites is 2. The van der Waals surface area contributed by atoms with E-state index in [9.17, 15) is 9.59 Å². The Hall–Kier alpha value is -4.91. The maximum Gasteiger partial charge on any atom is 0.300 e. The number of benzene rings is 4. The summed E-state index contributed by atoms with van der Waals surface area (Å²) in [6, 6.07) is 31.7. The summed E-state index contributed by atoms with van der Waals surface area (Å²) in [5.41, 5.74) is 2.32. The van der Waals surface area contributed by atoms with Crippen molar-refractivity contribution in [3.63, 3.8) is 0 Å². The van der Waals surface area contributed by atoms with Crippen LogP contribution in [0.5, 0.6) is 17.2 Å². The SMILES string of the molecule is CC(=O)O.CC(=O)c1ccc(O)cc1.CC(=O)c1ccccc1O.Cc1ccccc1.Oc1ccccc1. The van der Waals surface area contributed by atoms with Gasteiger partial charge in [-0.15, -0.1) is 0 Å². The highest BCUT2D eigenvalue weighted by Gasteiger charge is 2.02. The van der Waals surface area contributed by atoms with Gasteiger partial charge in [0, 0.05) is 12.5 Å². The van der Waals surface area contributed by atoms with Gasteiger partial charge in [0.2, 0.25) is 0 Å². The standard InChI is InChI=1S/2C8H8O2.C7H8.C6H6O.C2H4O2/c1-6(9)7-2-4-8(10)5-3-7;1-6(9)7-4-2-3-5-8(7)10;1-7-5-3-2-4-6-7;7-6-4-2-1-3-5-6;1-2(3)4/h2*2-5,10H,1H3;2-6H,1H3;1-5,7H;1H3,(H,3,4). The van der Waals surface area contributed by atoms with Gasteiger partial charge in [-0.2, -0.15) is 0 Å². The van der Waals surface area contributed by atoms with Crippen molar-refractivity contribution < 1.29 is 34.8 Å². The highest BCUT2D eigenvalue weighted by atomic mass is 16.4. The number of hydrogen-bond donors (Lipinski definition) is 4. The van der Waals surface area contributed by atoms with Gasteiger partial charge in [-0.1, -0.05) is 66.2 Å². The number of carboxylic acids is 1. The molecule has 0 unspecified atom stereocenters. The monoisotopic (exact) mass is 518 g/mol. The normalized spacial score (nSPS) is 8.74. The molecule has 4 aromatic rings. The first-order chi connectivity index (χ1) is 17.9. The Labute approximate surface area is 223 Å². The van der Waals surface area contributed by atoms with E-state index in [1.54, 1.807) is 54.6 Å². The van der Waals surface area contributed by atoms with E-state index in [0.29, 0.717) is 16.9 Å². The summed E-state index contributed by atoms with van der Waals surface area (Å²) in [6.45, 7) is 6.08. The van der Waals surface area contributed by atoms with Gasteiger partial charge in [-0.3, -0.25) is 14.4 Å². The Balaban J connectivity index is 0.000000464. The zero-order valence-electron chi connectivity index (χ0n) is 21.9. The molecule has 0 heterocycles. The van der Waals surface area contributed by atoms with Crippen molar-refractivity contribution in [1.29, 1.82) is 0 Å². The second kappa shape index (κ2) is 19.3. The third-order valence-corrected chi connectivity index (χ3v) is 4.25. The molecule has 0 bridgehead atoms. The molecule has 0 radical (unpaired) electrons. The lowest BCUT2D eigenvalue weighted by Crippen LogP contribution is -1.90. The lowest BCUT2D eigenvalue weighted by molar-refractivity contribution is -0.134. The minimum absolute atomic E-state index is 0.0139. The van der Waals surface area contributed by atoms with Gasteiger partial charge in [-0.25, -0.2) is 0 Å². The predicted molar refractivity (Wildman–Crippen MR) is 149 cm³/mol. The van der Waals surface area contributed by atoms with Gasteiger partial charge in [0.05, 0.1) is 5.56 Å². The van der Waals surface area contributed by atoms with Crippen LogP contribution in [0.1, 0.15) is 47.1 Å². The number of carbonyl (C=O) groups is 3. The molecule has 200 valence electrons. The van der Waals surface area contributed by atoms with Gasteiger partial charge in [0.25, 0.3) is 5.97 Å². The zero-order chi connectivity index (χ0) is 28.9. The molecule has 4 aromatic carbocycles. The largest absolute Gasteiger partial charge is 0.508 e. The molecule has 0 spiro atoms. The molecular weight excluding hydrogens is 484 g/mol. The fourth-order valence-electron chi connectivity index (χ4n) is 2.43. The fourth-order valence-corrected chi connectivity index (χ4v) is 2.43. The van der Waals surface area contributed by atoms with Crippen LogP contribution >= 0.6 is 0 Å². The number of aliphatic carboxylic acids is 1. The lowest BCUT2D eigenvalue weighted by Gasteiger charge is -1.96. The zero-order valence-corrected chi connectivity index (χ0v) is 21.9. The second-order valence-electron chi connectivity index (χ2n) is 7.69. The maximum absolute atomic E-state index is 10.7. The Morgan fingerprint density at radius 3 is 1.21 bits per heavy atom. The van der Waals surface area contributed by atoms with E-state index >= 15 is 0 Å². The smallest absolute Gasteiger partial charge is 0.300 e. The van der Waals surface area contributed by atoms with Gasteiger partial charge >= 0.3 is 0 Å². The fraction of sp³-hybridized carbons (Fsp3) is 0.129. The first kappa shape index (κ1) is 33.1. The molecule has 0 saturated carbocycles. The number of carboxylic acid groups (broad SMARTS) is 1. The van der Waals surface area contributed by atoms with Crippen LogP contribution in [0.4, 0.5) is 0 Å². The van der Waals surface area contributed by atoms with Crippen molar-refractivity contribution >= 4 is 17.5 Å².